The molecule has 176 valence electrons. The number of para-hydroxylation sites is 1. The van der Waals surface area contributed by atoms with Gasteiger partial charge in [0.25, 0.3) is 0 Å². The first-order valence-electron chi connectivity index (χ1n) is 11.8. The number of benzene rings is 1. The van der Waals surface area contributed by atoms with Crippen LogP contribution in [0.2, 0.25) is 0 Å². The van der Waals surface area contributed by atoms with Gasteiger partial charge in [-0.2, -0.15) is 5.10 Å². The first kappa shape index (κ1) is 26.0. The van der Waals surface area contributed by atoms with Crippen LogP contribution in [0.15, 0.2) is 60.0 Å². The van der Waals surface area contributed by atoms with Gasteiger partial charge in [-0.3, -0.25) is 5.01 Å². The zero-order valence-electron chi connectivity index (χ0n) is 20.8. The third kappa shape index (κ3) is 10.8. The number of nitrogens with zero attached hydrogens (tertiary/aromatic N) is 6. The third-order valence-corrected chi connectivity index (χ3v) is 5.48. The first-order valence-corrected chi connectivity index (χ1v) is 11.8. The average Bonchev–Trinajstić information content (AvgIpc) is 2.78. The second kappa shape index (κ2) is 14.7. The summed E-state index contributed by atoms with van der Waals surface area (Å²) in [7, 11) is 10.6. The second-order valence-electron chi connectivity index (χ2n) is 8.98. The van der Waals surface area contributed by atoms with E-state index in [4.69, 9.17) is 0 Å². The highest BCUT2D eigenvalue weighted by atomic mass is 15.4. The molecular formula is C26H43N6+. The minimum atomic E-state index is 1.04. The van der Waals surface area contributed by atoms with Gasteiger partial charge in [0.15, 0.2) is 12.4 Å². The van der Waals surface area contributed by atoms with Gasteiger partial charge in [0.1, 0.15) is 6.54 Å². The minimum absolute atomic E-state index is 1.04. The number of hydrogen-bond donors (Lipinski definition) is 0. The maximum absolute atomic E-state index is 4.55. The summed E-state index contributed by atoms with van der Waals surface area (Å²) in [6.45, 7) is 6.86. The number of hydrogen-bond acceptors (Lipinski definition) is 5. The molecule has 2 rings (SSSR count). The molecule has 0 aliphatic heterocycles. The van der Waals surface area contributed by atoms with E-state index in [0.717, 1.165) is 37.4 Å². The van der Waals surface area contributed by atoms with Gasteiger partial charge in [0.2, 0.25) is 0 Å². The van der Waals surface area contributed by atoms with Crippen LogP contribution in [-0.4, -0.2) is 88.9 Å². The summed E-state index contributed by atoms with van der Waals surface area (Å²) in [6.07, 6.45) is 9.85. The average molecular weight is 440 g/mol. The fourth-order valence-corrected chi connectivity index (χ4v) is 3.60. The standard InChI is InChI=1S/C26H43N6/c1-28(2)16-9-18-31(19-10-17-29(3)4)20-11-21-32-22-14-25(15-23-32)24-27-30(5)26-12-7-6-8-13-26/h6-8,12-15,22-24H,9-11,16-21H2,1-5H3/q+1. The number of rotatable bonds is 15. The van der Waals surface area contributed by atoms with E-state index >= 15 is 0 Å². The van der Waals surface area contributed by atoms with Crippen molar-refractivity contribution in [3.05, 3.63) is 60.4 Å². The molecule has 1 aromatic heterocycles. The maximum atomic E-state index is 4.55. The Kier molecular flexibility index (Phi) is 11.9. The van der Waals surface area contributed by atoms with E-state index in [2.05, 4.69) is 89.2 Å². The highest BCUT2D eigenvalue weighted by Gasteiger charge is 2.08. The highest BCUT2D eigenvalue weighted by molar-refractivity contribution is 5.79. The SMILES string of the molecule is CN(C)CCCN(CCCN(C)C)CCC[n+]1ccc(C=NN(C)c2ccccc2)cc1. The Labute approximate surface area is 195 Å². The van der Waals surface area contributed by atoms with E-state index in [-0.39, 0.29) is 0 Å². The quantitative estimate of drug-likeness (QED) is 0.242. The van der Waals surface area contributed by atoms with Crippen LogP contribution < -0.4 is 9.58 Å². The van der Waals surface area contributed by atoms with Crippen LogP contribution >= 0.6 is 0 Å². The van der Waals surface area contributed by atoms with Crippen LogP contribution in [0.5, 0.6) is 0 Å². The molecule has 1 heterocycles. The van der Waals surface area contributed by atoms with E-state index in [1.807, 2.05) is 36.5 Å². The molecule has 0 spiro atoms. The normalized spacial score (nSPS) is 11.9. The zero-order chi connectivity index (χ0) is 23.2. The highest BCUT2D eigenvalue weighted by Crippen LogP contribution is 2.10. The number of anilines is 1. The molecule has 0 atom stereocenters. The van der Waals surface area contributed by atoms with Gasteiger partial charge in [0, 0.05) is 37.7 Å². The Morgan fingerprint density at radius 1 is 0.719 bits per heavy atom. The predicted octanol–water partition coefficient (Wildman–Crippen LogP) is 3.04. The minimum Gasteiger partial charge on any atom is -0.309 e. The molecule has 32 heavy (non-hydrogen) atoms. The second-order valence-corrected chi connectivity index (χ2v) is 8.98. The monoisotopic (exact) mass is 439 g/mol. The summed E-state index contributed by atoms with van der Waals surface area (Å²) in [5.41, 5.74) is 2.19. The van der Waals surface area contributed by atoms with Crippen molar-refractivity contribution >= 4 is 11.9 Å². The Balaban J connectivity index is 1.78. The lowest BCUT2D eigenvalue weighted by Crippen LogP contribution is -2.36. The fourth-order valence-electron chi connectivity index (χ4n) is 3.60. The summed E-state index contributed by atoms with van der Waals surface area (Å²) in [5.74, 6) is 0. The van der Waals surface area contributed by atoms with Crippen LogP contribution in [0.1, 0.15) is 24.8 Å². The van der Waals surface area contributed by atoms with Crippen molar-refractivity contribution in [1.29, 1.82) is 0 Å². The van der Waals surface area contributed by atoms with Crippen molar-refractivity contribution in [1.82, 2.24) is 14.7 Å². The molecule has 0 aliphatic rings. The van der Waals surface area contributed by atoms with Gasteiger partial charge in [-0.05, 0) is 79.3 Å². The Bertz CT molecular complexity index is 744. The number of pyridine rings is 1. The summed E-state index contributed by atoms with van der Waals surface area (Å²) >= 11 is 0. The molecule has 6 heteroatoms. The molecule has 0 saturated carbocycles. The fraction of sp³-hybridized carbons (Fsp3) is 0.538. The van der Waals surface area contributed by atoms with Crippen molar-refractivity contribution < 1.29 is 4.57 Å². The summed E-state index contributed by atoms with van der Waals surface area (Å²) in [4.78, 5) is 7.18. The van der Waals surface area contributed by atoms with Crippen molar-refractivity contribution in [2.24, 2.45) is 5.10 Å². The lowest BCUT2D eigenvalue weighted by molar-refractivity contribution is -0.697. The molecule has 0 aliphatic carbocycles. The number of hydrazone groups is 1. The molecule has 6 nitrogen and oxygen atoms in total. The summed E-state index contributed by atoms with van der Waals surface area (Å²) < 4.78 is 2.27. The largest absolute Gasteiger partial charge is 0.309 e. The lowest BCUT2D eigenvalue weighted by Gasteiger charge is -2.23. The van der Waals surface area contributed by atoms with Crippen molar-refractivity contribution in [2.45, 2.75) is 25.8 Å². The molecule has 0 unspecified atom stereocenters. The van der Waals surface area contributed by atoms with E-state index < -0.39 is 0 Å². The van der Waals surface area contributed by atoms with Gasteiger partial charge in [0.05, 0.1) is 11.9 Å². The van der Waals surface area contributed by atoms with Crippen LogP contribution in [0.3, 0.4) is 0 Å². The van der Waals surface area contributed by atoms with Crippen LogP contribution in [0.4, 0.5) is 5.69 Å². The molecular weight excluding hydrogens is 396 g/mol. The van der Waals surface area contributed by atoms with E-state index in [1.54, 1.807) is 0 Å². The van der Waals surface area contributed by atoms with Crippen molar-refractivity contribution in [3.8, 4) is 0 Å². The molecule has 1 aromatic carbocycles. The van der Waals surface area contributed by atoms with E-state index in [1.165, 1.54) is 32.4 Å². The van der Waals surface area contributed by atoms with Gasteiger partial charge in [-0.15, -0.1) is 0 Å². The number of aromatic nitrogens is 1. The molecule has 0 fully saturated rings. The summed E-state index contributed by atoms with van der Waals surface area (Å²) in [6, 6.07) is 14.4. The van der Waals surface area contributed by atoms with Crippen molar-refractivity contribution in [3.63, 3.8) is 0 Å². The zero-order valence-corrected chi connectivity index (χ0v) is 20.8. The van der Waals surface area contributed by atoms with Gasteiger partial charge >= 0.3 is 0 Å². The third-order valence-electron chi connectivity index (χ3n) is 5.48. The van der Waals surface area contributed by atoms with Gasteiger partial charge < -0.3 is 14.7 Å². The van der Waals surface area contributed by atoms with Crippen LogP contribution in [0.25, 0.3) is 0 Å². The van der Waals surface area contributed by atoms with Crippen LogP contribution in [0, 0.1) is 0 Å². The smallest absolute Gasteiger partial charge is 0.169 e. The maximum Gasteiger partial charge on any atom is 0.169 e. The Hall–Kier alpha value is -2.28. The molecule has 0 amide bonds. The molecule has 0 N–H and O–H groups in total. The van der Waals surface area contributed by atoms with Crippen LogP contribution in [-0.2, 0) is 6.54 Å². The van der Waals surface area contributed by atoms with Gasteiger partial charge in [-0.25, -0.2) is 4.57 Å². The molecule has 0 saturated heterocycles. The molecule has 2 aromatic rings. The number of aryl methyl sites for hydroxylation is 1. The predicted molar refractivity (Wildman–Crippen MR) is 136 cm³/mol. The van der Waals surface area contributed by atoms with Crippen molar-refractivity contribution in [2.75, 3.05) is 73.0 Å². The van der Waals surface area contributed by atoms with E-state index in [0.29, 0.717) is 0 Å². The molecule has 0 bridgehead atoms. The van der Waals surface area contributed by atoms with E-state index in [9.17, 15) is 0 Å². The first-order chi connectivity index (χ1) is 15.4. The Morgan fingerprint density at radius 3 is 1.84 bits per heavy atom. The topological polar surface area (TPSA) is 29.2 Å². The van der Waals surface area contributed by atoms with Gasteiger partial charge in [-0.1, -0.05) is 18.2 Å². The Morgan fingerprint density at radius 2 is 1.28 bits per heavy atom. The lowest BCUT2D eigenvalue weighted by atomic mass is 10.2. The molecule has 0 radical (unpaired) electrons. The summed E-state index contributed by atoms with van der Waals surface area (Å²) in [5, 5.41) is 6.44.